The monoisotopic (exact) mass is 355 g/mol. The summed E-state index contributed by atoms with van der Waals surface area (Å²) in [6.45, 7) is 2.41. The lowest BCUT2D eigenvalue weighted by Gasteiger charge is -2.15. The van der Waals surface area contributed by atoms with E-state index in [4.69, 9.17) is 0 Å². The van der Waals surface area contributed by atoms with Gasteiger partial charge < -0.3 is 15.4 Å². The smallest absolute Gasteiger partial charge is 0.411 e. The van der Waals surface area contributed by atoms with Crippen molar-refractivity contribution in [2.45, 2.75) is 32.4 Å². The lowest BCUT2D eigenvalue weighted by molar-refractivity contribution is 0.187. The summed E-state index contributed by atoms with van der Waals surface area (Å²) in [6.07, 6.45) is 1.29. The van der Waals surface area contributed by atoms with Gasteiger partial charge in [-0.2, -0.15) is 0 Å². The van der Waals surface area contributed by atoms with E-state index in [-0.39, 0.29) is 12.1 Å². The Labute approximate surface area is 153 Å². The standard InChI is InChI=1S/C20H25N3O3/c1-15(8-9-16-6-4-3-5-7-16)22-19(24)21-14-17-10-12-18(13-11-17)23-20(25)26-2/h3-7,10-13,15H,8-9,14H2,1-2H3,(H,23,25)(H2,21,22,24). The Morgan fingerprint density at radius 3 is 2.35 bits per heavy atom. The lowest BCUT2D eigenvalue weighted by atomic mass is 10.1. The molecular formula is C20H25N3O3. The van der Waals surface area contributed by atoms with Gasteiger partial charge in [0.1, 0.15) is 0 Å². The molecule has 3 amide bonds. The van der Waals surface area contributed by atoms with E-state index >= 15 is 0 Å². The number of urea groups is 1. The average Bonchev–Trinajstić information content (AvgIpc) is 2.66. The number of aryl methyl sites for hydroxylation is 1. The molecule has 0 fully saturated rings. The normalized spacial score (nSPS) is 11.3. The van der Waals surface area contributed by atoms with E-state index in [0.717, 1.165) is 18.4 Å². The van der Waals surface area contributed by atoms with E-state index < -0.39 is 6.09 Å². The molecule has 6 heteroatoms. The van der Waals surface area contributed by atoms with Crippen molar-refractivity contribution in [2.24, 2.45) is 0 Å². The summed E-state index contributed by atoms with van der Waals surface area (Å²) in [5.41, 5.74) is 2.84. The Bertz CT molecular complexity index is 702. The third-order valence-corrected chi connectivity index (χ3v) is 3.93. The van der Waals surface area contributed by atoms with Crippen molar-refractivity contribution in [3.05, 3.63) is 65.7 Å². The fourth-order valence-electron chi connectivity index (χ4n) is 2.43. The van der Waals surface area contributed by atoms with Crippen molar-refractivity contribution >= 4 is 17.8 Å². The molecule has 0 aliphatic rings. The third-order valence-electron chi connectivity index (χ3n) is 3.93. The Kier molecular flexibility index (Phi) is 7.49. The van der Waals surface area contributed by atoms with Crippen LogP contribution in [0.3, 0.4) is 0 Å². The molecule has 0 radical (unpaired) electrons. The van der Waals surface area contributed by atoms with Crippen LogP contribution in [-0.2, 0) is 17.7 Å². The van der Waals surface area contributed by atoms with Crippen molar-refractivity contribution in [1.82, 2.24) is 10.6 Å². The molecule has 0 aliphatic heterocycles. The number of hydrogen-bond acceptors (Lipinski definition) is 3. The lowest BCUT2D eigenvalue weighted by Crippen LogP contribution is -2.40. The van der Waals surface area contributed by atoms with Crippen LogP contribution in [0.25, 0.3) is 0 Å². The molecule has 0 bridgehead atoms. The number of rotatable bonds is 7. The van der Waals surface area contributed by atoms with Crippen LogP contribution in [0.5, 0.6) is 0 Å². The fraction of sp³-hybridized carbons (Fsp3) is 0.300. The Hall–Kier alpha value is -3.02. The Balaban J connectivity index is 1.70. The summed E-state index contributed by atoms with van der Waals surface area (Å²) < 4.78 is 4.53. The van der Waals surface area contributed by atoms with Gasteiger partial charge in [-0.25, -0.2) is 9.59 Å². The maximum Gasteiger partial charge on any atom is 0.411 e. The minimum absolute atomic E-state index is 0.0850. The second-order valence-corrected chi connectivity index (χ2v) is 6.07. The number of carbonyl (C=O) groups excluding carboxylic acids is 2. The summed E-state index contributed by atoms with van der Waals surface area (Å²) in [5, 5.41) is 8.36. The molecule has 0 saturated carbocycles. The maximum absolute atomic E-state index is 12.0. The first-order valence-corrected chi connectivity index (χ1v) is 8.59. The topological polar surface area (TPSA) is 79.5 Å². The van der Waals surface area contributed by atoms with Crippen LogP contribution in [0.1, 0.15) is 24.5 Å². The van der Waals surface area contributed by atoms with E-state index in [1.165, 1.54) is 12.7 Å². The summed E-state index contributed by atoms with van der Waals surface area (Å²) in [4.78, 5) is 23.1. The van der Waals surface area contributed by atoms with E-state index in [2.05, 4.69) is 32.8 Å². The van der Waals surface area contributed by atoms with Gasteiger partial charge in [-0.15, -0.1) is 0 Å². The molecule has 1 unspecified atom stereocenters. The van der Waals surface area contributed by atoms with Crippen molar-refractivity contribution in [3.63, 3.8) is 0 Å². The van der Waals surface area contributed by atoms with Crippen LogP contribution in [-0.4, -0.2) is 25.3 Å². The van der Waals surface area contributed by atoms with Crippen LogP contribution in [0.15, 0.2) is 54.6 Å². The highest BCUT2D eigenvalue weighted by Crippen LogP contribution is 2.10. The molecule has 0 aromatic heterocycles. The van der Waals surface area contributed by atoms with Gasteiger partial charge in [0.05, 0.1) is 7.11 Å². The summed E-state index contributed by atoms with van der Waals surface area (Å²) in [7, 11) is 1.31. The molecule has 26 heavy (non-hydrogen) atoms. The number of hydrogen-bond donors (Lipinski definition) is 3. The Morgan fingerprint density at radius 2 is 1.69 bits per heavy atom. The first-order chi connectivity index (χ1) is 12.6. The van der Waals surface area contributed by atoms with Gasteiger partial charge in [-0.05, 0) is 43.0 Å². The van der Waals surface area contributed by atoms with E-state index in [1.54, 1.807) is 12.1 Å². The third kappa shape index (κ3) is 6.84. The number of ether oxygens (including phenoxy) is 1. The van der Waals surface area contributed by atoms with Crippen LogP contribution < -0.4 is 16.0 Å². The van der Waals surface area contributed by atoms with E-state index in [0.29, 0.717) is 12.2 Å². The molecule has 0 heterocycles. The molecule has 3 N–H and O–H groups in total. The highest BCUT2D eigenvalue weighted by molar-refractivity contribution is 5.84. The molecule has 2 rings (SSSR count). The van der Waals surface area contributed by atoms with Gasteiger partial charge in [0.2, 0.25) is 0 Å². The highest BCUT2D eigenvalue weighted by Gasteiger charge is 2.07. The molecule has 0 spiro atoms. The minimum atomic E-state index is -0.514. The van der Waals surface area contributed by atoms with Gasteiger partial charge in [0.15, 0.2) is 0 Å². The molecule has 0 saturated heterocycles. The molecule has 2 aromatic carbocycles. The van der Waals surface area contributed by atoms with Crippen molar-refractivity contribution in [2.75, 3.05) is 12.4 Å². The largest absolute Gasteiger partial charge is 0.453 e. The molecule has 0 aliphatic carbocycles. The fourth-order valence-corrected chi connectivity index (χ4v) is 2.43. The van der Waals surface area contributed by atoms with Gasteiger partial charge in [0, 0.05) is 18.3 Å². The van der Waals surface area contributed by atoms with E-state index in [1.807, 2.05) is 37.3 Å². The predicted molar refractivity (Wildman–Crippen MR) is 102 cm³/mol. The number of amides is 3. The molecule has 1 atom stereocenters. The first kappa shape index (κ1) is 19.3. The van der Waals surface area contributed by atoms with Crippen LogP contribution >= 0.6 is 0 Å². The second kappa shape index (κ2) is 10.1. The minimum Gasteiger partial charge on any atom is -0.453 e. The van der Waals surface area contributed by atoms with Crippen molar-refractivity contribution in [3.8, 4) is 0 Å². The molecule has 6 nitrogen and oxygen atoms in total. The molecular weight excluding hydrogens is 330 g/mol. The zero-order valence-electron chi connectivity index (χ0n) is 15.1. The number of methoxy groups -OCH3 is 1. The second-order valence-electron chi connectivity index (χ2n) is 6.07. The first-order valence-electron chi connectivity index (χ1n) is 8.59. The molecule has 2 aromatic rings. The van der Waals surface area contributed by atoms with Crippen LogP contribution in [0.2, 0.25) is 0 Å². The van der Waals surface area contributed by atoms with Gasteiger partial charge in [-0.3, -0.25) is 5.32 Å². The summed E-state index contributed by atoms with van der Waals surface area (Å²) in [6, 6.07) is 17.3. The maximum atomic E-state index is 12.0. The number of carbonyl (C=O) groups is 2. The van der Waals surface area contributed by atoms with Crippen molar-refractivity contribution < 1.29 is 14.3 Å². The van der Waals surface area contributed by atoms with Gasteiger partial charge in [0.25, 0.3) is 0 Å². The zero-order valence-corrected chi connectivity index (χ0v) is 15.1. The number of nitrogens with one attached hydrogen (secondary N) is 3. The Morgan fingerprint density at radius 1 is 1.00 bits per heavy atom. The predicted octanol–water partition coefficient (Wildman–Crippen LogP) is 3.69. The van der Waals surface area contributed by atoms with Crippen LogP contribution in [0.4, 0.5) is 15.3 Å². The number of anilines is 1. The summed E-state index contributed by atoms with van der Waals surface area (Å²) >= 11 is 0. The highest BCUT2D eigenvalue weighted by atomic mass is 16.5. The average molecular weight is 355 g/mol. The molecule has 138 valence electrons. The SMILES string of the molecule is COC(=O)Nc1ccc(CNC(=O)NC(C)CCc2ccccc2)cc1. The quantitative estimate of drug-likeness (QED) is 0.709. The van der Waals surface area contributed by atoms with Gasteiger partial charge in [-0.1, -0.05) is 42.5 Å². The van der Waals surface area contributed by atoms with E-state index in [9.17, 15) is 9.59 Å². The number of benzene rings is 2. The van der Waals surface area contributed by atoms with Crippen molar-refractivity contribution in [1.29, 1.82) is 0 Å². The summed E-state index contributed by atoms with van der Waals surface area (Å²) in [5.74, 6) is 0. The zero-order chi connectivity index (χ0) is 18.8. The van der Waals surface area contributed by atoms with Crippen LogP contribution in [0, 0.1) is 0 Å². The van der Waals surface area contributed by atoms with Gasteiger partial charge >= 0.3 is 12.1 Å².